The number of carbonyl (C=O) groups is 1. The van der Waals surface area contributed by atoms with E-state index in [-0.39, 0.29) is 18.1 Å². The first-order valence-electron chi connectivity index (χ1n) is 8.23. The normalized spacial score (nSPS) is 15.9. The molecule has 1 atom stereocenters. The average Bonchev–Trinajstić information content (AvgIpc) is 3.36. The maximum Gasteiger partial charge on any atom is 0.268 e. The van der Waals surface area contributed by atoms with E-state index in [1.54, 1.807) is 18.2 Å². The fourth-order valence-corrected chi connectivity index (χ4v) is 2.74. The standard InChI is InChI=1S/C18H15FN6O2/c1-11-5-6-14(25-10-20-23-24-25)8-15(11)21-18(26)17-9-16(22-27-17)12-3-2-4-13(19)7-12/h2-8,10,17H,9H2,1H3,(H,21,26). The number of tetrazole rings is 1. The van der Waals surface area contributed by atoms with Gasteiger partial charge in [0.15, 0.2) is 0 Å². The molecular weight excluding hydrogens is 351 g/mol. The van der Waals surface area contributed by atoms with Crippen LogP contribution in [0.3, 0.4) is 0 Å². The van der Waals surface area contributed by atoms with Gasteiger partial charge in [0.05, 0.1) is 11.4 Å². The number of hydrogen-bond donors (Lipinski definition) is 1. The molecule has 0 spiro atoms. The molecule has 8 nitrogen and oxygen atoms in total. The number of rotatable bonds is 4. The number of aromatic nitrogens is 4. The minimum absolute atomic E-state index is 0.265. The Morgan fingerprint density at radius 1 is 1.30 bits per heavy atom. The van der Waals surface area contributed by atoms with Crippen LogP contribution >= 0.6 is 0 Å². The Hall–Kier alpha value is -3.62. The van der Waals surface area contributed by atoms with Crippen LogP contribution in [0.5, 0.6) is 0 Å². The largest absolute Gasteiger partial charge is 0.382 e. The van der Waals surface area contributed by atoms with Crippen molar-refractivity contribution in [1.29, 1.82) is 0 Å². The number of carbonyl (C=O) groups excluding carboxylic acids is 1. The van der Waals surface area contributed by atoms with Gasteiger partial charge in [0, 0.05) is 17.7 Å². The van der Waals surface area contributed by atoms with Crippen molar-refractivity contribution in [3.63, 3.8) is 0 Å². The molecule has 1 amide bonds. The molecule has 2 heterocycles. The Labute approximate surface area is 153 Å². The van der Waals surface area contributed by atoms with Gasteiger partial charge in [-0.05, 0) is 47.2 Å². The molecule has 2 aromatic carbocycles. The first-order chi connectivity index (χ1) is 13.1. The maximum absolute atomic E-state index is 13.4. The summed E-state index contributed by atoms with van der Waals surface area (Å²) in [6.45, 7) is 1.88. The van der Waals surface area contributed by atoms with E-state index >= 15 is 0 Å². The van der Waals surface area contributed by atoms with Gasteiger partial charge < -0.3 is 10.2 Å². The fourth-order valence-electron chi connectivity index (χ4n) is 2.74. The van der Waals surface area contributed by atoms with E-state index in [1.807, 2.05) is 19.1 Å². The summed E-state index contributed by atoms with van der Waals surface area (Å²) in [5.74, 6) is -0.694. The minimum Gasteiger partial charge on any atom is -0.382 e. The fraction of sp³-hybridized carbons (Fsp3) is 0.167. The molecule has 27 heavy (non-hydrogen) atoms. The molecule has 9 heteroatoms. The van der Waals surface area contributed by atoms with E-state index in [1.165, 1.54) is 23.1 Å². The lowest BCUT2D eigenvalue weighted by Crippen LogP contribution is -2.28. The van der Waals surface area contributed by atoms with Gasteiger partial charge in [0.1, 0.15) is 12.1 Å². The summed E-state index contributed by atoms with van der Waals surface area (Å²) in [7, 11) is 0. The van der Waals surface area contributed by atoms with Crippen molar-refractivity contribution in [2.24, 2.45) is 5.16 Å². The van der Waals surface area contributed by atoms with Gasteiger partial charge in [-0.3, -0.25) is 4.79 Å². The zero-order valence-corrected chi connectivity index (χ0v) is 14.3. The predicted molar refractivity (Wildman–Crippen MR) is 94.9 cm³/mol. The maximum atomic E-state index is 13.4. The van der Waals surface area contributed by atoms with E-state index < -0.39 is 6.10 Å². The van der Waals surface area contributed by atoms with Crippen LogP contribution in [0.4, 0.5) is 10.1 Å². The second kappa shape index (κ2) is 6.94. The average molecular weight is 366 g/mol. The van der Waals surface area contributed by atoms with Crippen LogP contribution in [0.1, 0.15) is 17.5 Å². The molecule has 4 rings (SSSR count). The Morgan fingerprint density at radius 2 is 2.19 bits per heavy atom. The number of aryl methyl sites for hydroxylation is 1. The predicted octanol–water partition coefficient (Wildman–Crippen LogP) is 2.24. The first-order valence-corrected chi connectivity index (χ1v) is 8.23. The van der Waals surface area contributed by atoms with Crippen LogP contribution < -0.4 is 5.32 Å². The van der Waals surface area contributed by atoms with Crippen molar-refractivity contribution in [3.8, 4) is 5.69 Å². The van der Waals surface area contributed by atoms with Crippen LogP contribution in [-0.2, 0) is 9.63 Å². The highest BCUT2D eigenvalue weighted by molar-refractivity contribution is 6.06. The van der Waals surface area contributed by atoms with Crippen molar-refractivity contribution < 1.29 is 14.0 Å². The smallest absolute Gasteiger partial charge is 0.268 e. The monoisotopic (exact) mass is 366 g/mol. The second-order valence-corrected chi connectivity index (χ2v) is 6.09. The summed E-state index contributed by atoms with van der Waals surface area (Å²) in [5, 5.41) is 17.8. The first kappa shape index (κ1) is 16.8. The summed E-state index contributed by atoms with van der Waals surface area (Å²) in [6, 6.07) is 11.5. The topological polar surface area (TPSA) is 94.3 Å². The molecule has 1 aliphatic rings. The van der Waals surface area contributed by atoms with Crippen molar-refractivity contribution in [2.75, 3.05) is 5.32 Å². The van der Waals surface area contributed by atoms with Crippen molar-refractivity contribution in [1.82, 2.24) is 20.2 Å². The molecule has 1 N–H and O–H groups in total. The number of halogens is 1. The molecule has 0 bridgehead atoms. The van der Waals surface area contributed by atoms with Crippen molar-refractivity contribution in [2.45, 2.75) is 19.4 Å². The number of hydrogen-bond acceptors (Lipinski definition) is 6. The number of amides is 1. The molecule has 1 aromatic heterocycles. The van der Waals surface area contributed by atoms with E-state index in [9.17, 15) is 9.18 Å². The van der Waals surface area contributed by atoms with E-state index in [4.69, 9.17) is 4.84 Å². The lowest BCUT2D eigenvalue weighted by Gasteiger charge is -2.13. The van der Waals surface area contributed by atoms with Gasteiger partial charge in [-0.25, -0.2) is 9.07 Å². The molecule has 1 aliphatic heterocycles. The molecule has 3 aromatic rings. The van der Waals surface area contributed by atoms with Gasteiger partial charge in [-0.1, -0.05) is 23.4 Å². The van der Waals surface area contributed by atoms with Crippen LogP contribution in [0.25, 0.3) is 5.69 Å². The summed E-state index contributed by atoms with van der Waals surface area (Å²) in [4.78, 5) is 17.8. The van der Waals surface area contributed by atoms with Gasteiger partial charge in [0.25, 0.3) is 5.91 Å². The van der Waals surface area contributed by atoms with E-state index in [0.717, 1.165) is 5.56 Å². The van der Waals surface area contributed by atoms with Gasteiger partial charge >= 0.3 is 0 Å². The van der Waals surface area contributed by atoms with Crippen LogP contribution in [0.15, 0.2) is 53.9 Å². The summed E-state index contributed by atoms with van der Waals surface area (Å²) in [6.07, 6.45) is 0.954. The second-order valence-electron chi connectivity index (χ2n) is 6.09. The third-order valence-corrected chi connectivity index (χ3v) is 4.21. The van der Waals surface area contributed by atoms with E-state index in [2.05, 4.69) is 26.0 Å². The van der Waals surface area contributed by atoms with Gasteiger partial charge in [-0.15, -0.1) is 5.10 Å². The Bertz CT molecular complexity index is 1020. The zero-order valence-electron chi connectivity index (χ0n) is 14.3. The molecular formula is C18H15FN6O2. The number of benzene rings is 2. The number of oxime groups is 1. The molecule has 0 aliphatic carbocycles. The third-order valence-electron chi connectivity index (χ3n) is 4.21. The van der Waals surface area contributed by atoms with Crippen molar-refractivity contribution >= 4 is 17.3 Å². The van der Waals surface area contributed by atoms with Crippen LogP contribution in [-0.4, -0.2) is 37.9 Å². The Morgan fingerprint density at radius 3 is 2.96 bits per heavy atom. The SMILES string of the molecule is Cc1ccc(-n2cnnn2)cc1NC(=O)C1CC(c2cccc(F)c2)=NO1. The van der Waals surface area contributed by atoms with Crippen LogP contribution in [0.2, 0.25) is 0 Å². The van der Waals surface area contributed by atoms with Crippen LogP contribution in [0, 0.1) is 12.7 Å². The molecule has 1 unspecified atom stereocenters. The van der Waals surface area contributed by atoms with Gasteiger partial charge in [-0.2, -0.15) is 0 Å². The lowest BCUT2D eigenvalue weighted by atomic mass is 10.0. The molecule has 0 saturated heterocycles. The highest BCUT2D eigenvalue weighted by atomic mass is 19.1. The quantitative estimate of drug-likeness (QED) is 0.764. The number of nitrogens with zero attached hydrogens (tertiary/aromatic N) is 5. The highest BCUT2D eigenvalue weighted by Gasteiger charge is 2.29. The summed E-state index contributed by atoms with van der Waals surface area (Å²) >= 11 is 0. The van der Waals surface area contributed by atoms with Gasteiger partial charge in [0.2, 0.25) is 6.10 Å². The molecule has 0 fully saturated rings. The summed E-state index contributed by atoms with van der Waals surface area (Å²) < 4.78 is 14.9. The number of nitrogens with one attached hydrogen (secondary N) is 1. The number of anilines is 1. The minimum atomic E-state index is -0.778. The summed E-state index contributed by atoms with van der Waals surface area (Å²) in [5.41, 5.74) is 3.35. The molecule has 0 saturated carbocycles. The highest BCUT2D eigenvalue weighted by Crippen LogP contribution is 2.22. The molecule has 0 radical (unpaired) electrons. The Balaban J connectivity index is 1.47. The zero-order chi connectivity index (χ0) is 18.8. The lowest BCUT2D eigenvalue weighted by molar-refractivity contribution is -0.125. The van der Waals surface area contributed by atoms with Crippen molar-refractivity contribution in [3.05, 3.63) is 65.7 Å². The molecule has 136 valence electrons. The van der Waals surface area contributed by atoms with E-state index in [0.29, 0.717) is 22.6 Å². The third kappa shape index (κ3) is 3.52. The Kier molecular flexibility index (Phi) is 4.33.